The zero-order chi connectivity index (χ0) is 25.7. The van der Waals surface area contributed by atoms with E-state index in [0.717, 1.165) is 27.8 Å². The molecule has 1 atom stereocenters. The molecule has 1 aliphatic carbocycles. The fourth-order valence-corrected chi connectivity index (χ4v) is 4.63. The van der Waals surface area contributed by atoms with Gasteiger partial charge in [-0.05, 0) is 46.7 Å². The lowest BCUT2D eigenvalue weighted by Gasteiger charge is -2.18. The molecular formula is C28H29NO7. The molecule has 36 heavy (non-hydrogen) atoms. The fourth-order valence-electron chi connectivity index (χ4n) is 4.63. The van der Waals surface area contributed by atoms with Crippen molar-refractivity contribution >= 4 is 12.1 Å². The highest BCUT2D eigenvalue weighted by Crippen LogP contribution is 2.44. The lowest BCUT2D eigenvalue weighted by atomic mass is 9.98. The van der Waals surface area contributed by atoms with Crippen LogP contribution in [0.4, 0.5) is 4.79 Å². The van der Waals surface area contributed by atoms with Crippen LogP contribution in [0.1, 0.15) is 29.0 Å². The SMILES string of the molecule is COc1cc(OC)c(OC)cc1CC[C@@H](NC(=O)OCC1c2ccccc2-c2ccccc21)C(=O)O. The third-order valence-electron chi connectivity index (χ3n) is 6.42. The maximum atomic E-state index is 12.6. The van der Waals surface area contributed by atoms with Gasteiger partial charge in [-0.3, -0.25) is 0 Å². The van der Waals surface area contributed by atoms with Crippen LogP contribution in [0, 0.1) is 0 Å². The number of methoxy groups -OCH3 is 3. The van der Waals surface area contributed by atoms with Crippen molar-refractivity contribution in [2.24, 2.45) is 0 Å². The number of amides is 1. The summed E-state index contributed by atoms with van der Waals surface area (Å²) in [7, 11) is 4.57. The molecule has 0 aliphatic heterocycles. The normalized spacial score (nSPS) is 12.8. The van der Waals surface area contributed by atoms with E-state index in [-0.39, 0.29) is 18.9 Å². The van der Waals surface area contributed by atoms with Crippen molar-refractivity contribution < 1.29 is 33.6 Å². The van der Waals surface area contributed by atoms with Gasteiger partial charge in [-0.2, -0.15) is 0 Å². The molecule has 0 heterocycles. The Morgan fingerprint density at radius 1 is 0.861 bits per heavy atom. The van der Waals surface area contributed by atoms with Crippen LogP contribution in [0.25, 0.3) is 11.1 Å². The Balaban J connectivity index is 1.41. The molecule has 1 amide bonds. The molecule has 3 aromatic carbocycles. The largest absolute Gasteiger partial charge is 0.496 e. The minimum Gasteiger partial charge on any atom is -0.496 e. The predicted octanol–water partition coefficient (Wildman–Crippen LogP) is 4.64. The Morgan fingerprint density at radius 2 is 1.42 bits per heavy atom. The summed E-state index contributed by atoms with van der Waals surface area (Å²) in [6.45, 7) is 0.107. The number of alkyl carbamates (subject to hydrolysis) is 1. The molecular weight excluding hydrogens is 462 g/mol. The highest BCUT2D eigenvalue weighted by Gasteiger charge is 2.30. The van der Waals surface area contributed by atoms with Gasteiger partial charge in [0.05, 0.1) is 21.3 Å². The van der Waals surface area contributed by atoms with Crippen molar-refractivity contribution in [1.29, 1.82) is 0 Å². The van der Waals surface area contributed by atoms with Crippen molar-refractivity contribution in [3.8, 4) is 28.4 Å². The number of carboxylic acid groups (broad SMARTS) is 1. The van der Waals surface area contributed by atoms with Crippen LogP contribution in [0.5, 0.6) is 17.2 Å². The van der Waals surface area contributed by atoms with Gasteiger partial charge >= 0.3 is 12.1 Å². The number of carbonyl (C=O) groups is 2. The van der Waals surface area contributed by atoms with Crippen LogP contribution >= 0.6 is 0 Å². The van der Waals surface area contributed by atoms with Crippen LogP contribution in [0.15, 0.2) is 60.7 Å². The van der Waals surface area contributed by atoms with E-state index < -0.39 is 18.1 Å². The fraction of sp³-hybridized carbons (Fsp3) is 0.286. The molecule has 1 aliphatic rings. The molecule has 0 spiro atoms. The van der Waals surface area contributed by atoms with E-state index in [0.29, 0.717) is 23.7 Å². The number of hydrogen-bond donors (Lipinski definition) is 2. The van der Waals surface area contributed by atoms with E-state index in [9.17, 15) is 14.7 Å². The molecule has 0 radical (unpaired) electrons. The second kappa shape index (κ2) is 11.0. The predicted molar refractivity (Wildman–Crippen MR) is 134 cm³/mol. The number of hydrogen-bond acceptors (Lipinski definition) is 6. The lowest BCUT2D eigenvalue weighted by Crippen LogP contribution is -2.41. The number of aryl methyl sites for hydroxylation is 1. The molecule has 8 heteroatoms. The second-order valence-electron chi connectivity index (χ2n) is 8.42. The van der Waals surface area contributed by atoms with E-state index in [1.807, 2.05) is 36.4 Å². The average Bonchev–Trinajstić information content (AvgIpc) is 3.22. The summed E-state index contributed by atoms with van der Waals surface area (Å²) < 4.78 is 21.6. The molecule has 0 saturated heterocycles. The molecule has 8 nitrogen and oxygen atoms in total. The smallest absolute Gasteiger partial charge is 0.407 e. The van der Waals surface area contributed by atoms with Crippen molar-refractivity contribution in [3.05, 3.63) is 77.4 Å². The molecule has 0 bridgehead atoms. The van der Waals surface area contributed by atoms with Gasteiger partial charge in [0.2, 0.25) is 0 Å². The molecule has 3 aromatic rings. The standard InChI is InChI=1S/C28H29NO7/c1-33-24-15-26(35-3)25(34-2)14-17(24)12-13-23(27(30)31)29-28(32)36-16-22-20-10-6-4-8-18(20)19-9-5-7-11-21(19)22/h4-11,14-15,22-23H,12-13,16H2,1-3H3,(H,29,32)(H,30,31)/t23-/m1/s1. The van der Waals surface area contributed by atoms with Gasteiger partial charge in [-0.1, -0.05) is 48.5 Å². The van der Waals surface area contributed by atoms with Crippen molar-refractivity contribution in [1.82, 2.24) is 5.32 Å². The van der Waals surface area contributed by atoms with Gasteiger partial charge in [0.1, 0.15) is 18.4 Å². The van der Waals surface area contributed by atoms with Crippen molar-refractivity contribution in [2.75, 3.05) is 27.9 Å². The number of ether oxygens (including phenoxy) is 4. The summed E-state index contributed by atoms with van der Waals surface area (Å²) in [5.41, 5.74) is 5.14. The first-order valence-corrected chi connectivity index (χ1v) is 11.6. The summed E-state index contributed by atoms with van der Waals surface area (Å²) >= 11 is 0. The van der Waals surface area contributed by atoms with E-state index in [4.69, 9.17) is 18.9 Å². The van der Waals surface area contributed by atoms with Gasteiger partial charge in [0.15, 0.2) is 11.5 Å². The number of carboxylic acids is 1. The summed E-state index contributed by atoms with van der Waals surface area (Å²) in [5.74, 6) is 0.289. The first-order valence-electron chi connectivity index (χ1n) is 11.6. The maximum Gasteiger partial charge on any atom is 0.407 e. The molecule has 188 valence electrons. The number of fused-ring (bicyclic) bond motifs is 3. The van der Waals surface area contributed by atoms with Crippen molar-refractivity contribution in [2.45, 2.75) is 24.8 Å². The van der Waals surface area contributed by atoms with E-state index in [1.54, 1.807) is 12.1 Å². The van der Waals surface area contributed by atoms with Crippen molar-refractivity contribution in [3.63, 3.8) is 0 Å². The van der Waals surface area contributed by atoms with E-state index in [1.165, 1.54) is 21.3 Å². The Kier molecular flexibility index (Phi) is 7.63. The maximum absolute atomic E-state index is 12.6. The van der Waals surface area contributed by atoms with Gasteiger partial charge in [0.25, 0.3) is 0 Å². The number of carbonyl (C=O) groups excluding carboxylic acids is 1. The molecule has 0 fully saturated rings. The van der Waals surface area contributed by atoms with Crippen LogP contribution in [-0.4, -0.2) is 51.1 Å². The first kappa shape index (κ1) is 24.9. The number of benzene rings is 3. The Morgan fingerprint density at radius 3 is 1.97 bits per heavy atom. The Hall–Kier alpha value is -4.20. The summed E-state index contributed by atoms with van der Waals surface area (Å²) in [5, 5.41) is 12.2. The topological polar surface area (TPSA) is 103 Å². The minimum atomic E-state index is -1.15. The third-order valence-corrected chi connectivity index (χ3v) is 6.42. The number of aliphatic carboxylic acids is 1. The van der Waals surface area contributed by atoms with Crippen LogP contribution < -0.4 is 19.5 Å². The quantitative estimate of drug-likeness (QED) is 0.426. The average molecular weight is 492 g/mol. The molecule has 2 N–H and O–H groups in total. The molecule has 4 rings (SSSR count). The van der Waals surface area contributed by atoms with Crippen LogP contribution in [0.3, 0.4) is 0 Å². The first-order chi connectivity index (χ1) is 17.5. The Bertz CT molecular complexity index is 1210. The Labute approximate surface area is 209 Å². The molecule has 0 unspecified atom stereocenters. The molecule has 0 saturated carbocycles. The second-order valence-corrected chi connectivity index (χ2v) is 8.42. The van der Waals surface area contributed by atoms with Crippen LogP contribution in [0.2, 0.25) is 0 Å². The summed E-state index contributed by atoms with van der Waals surface area (Å²) in [6, 6.07) is 18.3. The number of rotatable bonds is 10. The highest BCUT2D eigenvalue weighted by atomic mass is 16.5. The number of nitrogens with one attached hydrogen (secondary N) is 1. The molecule has 0 aromatic heterocycles. The van der Waals surface area contributed by atoms with Gasteiger partial charge in [-0.15, -0.1) is 0 Å². The zero-order valence-electron chi connectivity index (χ0n) is 20.4. The van der Waals surface area contributed by atoms with E-state index in [2.05, 4.69) is 17.4 Å². The highest BCUT2D eigenvalue weighted by molar-refractivity contribution is 5.81. The lowest BCUT2D eigenvalue weighted by molar-refractivity contribution is -0.139. The zero-order valence-corrected chi connectivity index (χ0v) is 20.4. The monoisotopic (exact) mass is 491 g/mol. The summed E-state index contributed by atoms with van der Waals surface area (Å²) in [6.07, 6.45) is -0.321. The van der Waals surface area contributed by atoms with Gasteiger partial charge in [0, 0.05) is 12.0 Å². The van der Waals surface area contributed by atoms with Crippen LogP contribution in [-0.2, 0) is 16.0 Å². The van der Waals surface area contributed by atoms with Gasteiger partial charge in [-0.25, -0.2) is 9.59 Å². The third kappa shape index (κ3) is 5.07. The summed E-state index contributed by atoms with van der Waals surface area (Å²) in [4.78, 5) is 24.5. The van der Waals surface area contributed by atoms with E-state index >= 15 is 0 Å². The van der Waals surface area contributed by atoms with Gasteiger partial charge < -0.3 is 29.4 Å². The minimum absolute atomic E-state index is 0.107.